The summed E-state index contributed by atoms with van der Waals surface area (Å²) in [4.78, 5) is 4.66. The van der Waals surface area contributed by atoms with Crippen molar-refractivity contribution < 1.29 is 4.42 Å². The summed E-state index contributed by atoms with van der Waals surface area (Å²) < 4.78 is 5.57. The first-order valence-electron chi connectivity index (χ1n) is 5.56. The van der Waals surface area contributed by atoms with Crippen LogP contribution in [0, 0.1) is 6.92 Å². The molecule has 1 unspecified atom stereocenters. The first-order chi connectivity index (χ1) is 7.83. The van der Waals surface area contributed by atoms with Gasteiger partial charge >= 0.3 is 0 Å². The molecule has 4 heteroatoms. The van der Waals surface area contributed by atoms with Crippen LogP contribution in [-0.2, 0) is 0 Å². The Morgan fingerprint density at radius 2 is 2.44 bits per heavy atom. The fourth-order valence-electron chi connectivity index (χ4n) is 2.03. The molecule has 3 rings (SSSR count). The average molecular weight is 234 g/mol. The molecule has 0 radical (unpaired) electrons. The lowest BCUT2D eigenvalue weighted by Crippen LogP contribution is -2.07. The molecule has 1 fully saturated rings. The quantitative estimate of drug-likeness (QED) is 0.868. The zero-order chi connectivity index (χ0) is 11.0. The van der Waals surface area contributed by atoms with Crippen molar-refractivity contribution in [1.82, 2.24) is 10.3 Å². The third-order valence-electron chi connectivity index (χ3n) is 2.92. The SMILES string of the molecule is Cc1ccc(-c2csc(C3CCNC3)n2)o1. The number of rotatable bonds is 2. The molecule has 0 spiro atoms. The lowest BCUT2D eigenvalue weighted by molar-refractivity contribution is 0.546. The smallest absolute Gasteiger partial charge is 0.153 e. The Hall–Kier alpha value is -1.13. The van der Waals surface area contributed by atoms with Gasteiger partial charge in [-0.15, -0.1) is 11.3 Å². The molecule has 0 saturated carbocycles. The second-order valence-electron chi connectivity index (χ2n) is 4.17. The topological polar surface area (TPSA) is 38.1 Å². The van der Waals surface area contributed by atoms with Gasteiger partial charge in [0.2, 0.25) is 0 Å². The van der Waals surface area contributed by atoms with E-state index in [1.54, 1.807) is 11.3 Å². The molecule has 1 atom stereocenters. The minimum absolute atomic E-state index is 0.592. The summed E-state index contributed by atoms with van der Waals surface area (Å²) in [5.74, 6) is 2.41. The summed E-state index contributed by atoms with van der Waals surface area (Å²) in [7, 11) is 0. The van der Waals surface area contributed by atoms with Crippen LogP contribution in [0.5, 0.6) is 0 Å². The third-order valence-corrected chi connectivity index (χ3v) is 3.93. The van der Waals surface area contributed by atoms with Gasteiger partial charge in [0.25, 0.3) is 0 Å². The molecule has 84 valence electrons. The number of aromatic nitrogens is 1. The van der Waals surface area contributed by atoms with Crippen molar-refractivity contribution in [2.75, 3.05) is 13.1 Å². The van der Waals surface area contributed by atoms with Crippen molar-refractivity contribution in [2.45, 2.75) is 19.3 Å². The van der Waals surface area contributed by atoms with Crippen LogP contribution >= 0.6 is 11.3 Å². The lowest BCUT2D eigenvalue weighted by Gasteiger charge is -2.01. The molecule has 3 heterocycles. The molecule has 0 aromatic carbocycles. The molecule has 2 aromatic rings. The van der Waals surface area contributed by atoms with E-state index in [0.717, 1.165) is 30.3 Å². The summed E-state index contributed by atoms with van der Waals surface area (Å²) in [6.07, 6.45) is 1.20. The van der Waals surface area contributed by atoms with Crippen molar-refractivity contribution >= 4 is 11.3 Å². The largest absolute Gasteiger partial charge is 0.460 e. The average Bonchev–Trinajstić information content (AvgIpc) is 2.97. The molecule has 3 nitrogen and oxygen atoms in total. The van der Waals surface area contributed by atoms with Crippen molar-refractivity contribution in [3.8, 4) is 11.5 Å². The number of aryl methyl sites for hydroxylation is 1. The van der Waals surface area contributed by atoms with Gasteiger partial charge in [0.1, 0.15) is 11.5 Å². The lowest BCUT2D eigenvalue weighted by atomic mass is 10.1. The van der Waals surface area contributed by atoms with E-state index >= 15 is 0 Å². The molecule has 0 amide bonds. The molecular weight excluding hydrogens is 220 g/mol. The van der Waals surface area contributed by atoms with Gasteiger partial charge < -0.3 is 9.73 Å². The van der Waals surface area contributed by atoms with Gasteiger partial charge in [-0.25, -0.2) is 4.98 Å². The van der Waals surface area contributed by atoms with Crippen molar-refractivity contribution in [3.05, 3.63) is 28.3 Å². The molecule has 1 saturated heterocycles. The predicted molar refractivity (Wildman–Crippen MR) is 64.8 cm³/mol. The minimum Gasteiger partial charge on any atom is -0.460 e. The normalized spacial score (nSPS) is 20.4. The Kier molecular flexibility index (Phi) is 2.53. The number of thiazole rings is 1. The number of hydrogen-bond acceptors (Lipinski definition) is 4. The fourth-order valence-corrected chi connectivity index (χ4v) is 2.97. The molecule has 0 bridgehead atoms. The van der Waals surface area contributed by atoms with Gasteiger partial charge in [0.05, 0.1) is 5.01 Å². The van der Waals surface area contributed by atoms with Gasteiger partial charge in [-0.2, -0.15) is 0 Å². The van der Waals surface area contributed by atoms with Crippen LogP contribution in [0.15, 0.2) is 21.9 Å². The highest BCUT2D eigenvalue weighted by atomic mass is 32.1. The van der Waals surface area contributed by atoms with E-state index in [2.05, 4.69) is 15.7 Å². The van der Waals surface area contributed by atoms with Crippen LogP contribution < -0.4 is 5.32 Å². The van der Waals surface area contributed by atoms with E-state index in [1.807, 2.05) is 19.1 Å². The number of furan rings is 1. The first kappa shape index (κ1) is 10.1. The number of nitrogens with zero attached hydrogens (tertiary/aromatic N) is 1. The van der Waals surface area contributed by atoms with Crippen LogP contribution in [0.2, 0.25) is 0 Å². The maximum absolute atomic E-state index is 5.57. The minimum atomic E-state index is 0.592. The fraction of sp³-hybridized carbons (Fsp3) is 0.417. The molecule has 1 aliphatic rings. The number of hydrogen-bond donors (Lipinski definition) is 1. The summed E-state index contributed by atoms with van der Waals surface area (Å²) in [6.45, 7) is 4.13. The molecule has 2 aromatic heterocycles. The Bertz CT molecular complexity index is 483. The molecule has 1 N–H and O–H groups in total. The maximum atomic E-state index is 5.57. The van der Waals surface area contributed by atoms with E-state index in [1.165, 1.54) is 11.4 Å². The second-order valence-corrected chi connectivity index (χ2v) is 5.06. The maximum Gasteiger partial charge on any atom is 0.153 e. The van der Waals surface area contributed by atoms with E-state index in [4.69, 9.17) is 4.42 Å². The van der Waals surface area contributed by atoms with Crippen molar-refractivity contribution in [3.63, 3.8) is 0 Å². The van der Waals surface area contributed by atoms with E-state index in [9.17, 15) is 0 Å². The molecule has 0 aliphatic carbocycles. The van der Waals surface area contributed by atoms with E-state index in [-0.39, 0.29) is 0 Å². The van der Waals surface area contributed by atoms with Crippen LogP contribution in [0.3, 0.4) is 0 Å². The van der Waals surface area contributed by atoms with Gasteiger partial charge in [-0.05, 0) is 32.0 Å². The zero-order valence-corrected chi connectivity index (χ0v) is 10.0. The highest BCUT2D eigenvalue weighted by Crippen LogP contribution is 2.30. The Labute approximate surface area is 98.5 Å². The Balaban J connectivity index is 1.87. The van der Waals surface area contributed by atoms with Crippen molar-refractivity contribution in [2.24, 2.45) is 0 Å². The second kappa shape index (κ2) is 4.03. The molecule has 16 heavy (non-hydrogen) atoms. The first-order valence-corrected chi connectivity index (χ1v) is 6.44. The molecule has 1 aliphatic heterocycles. The number of nitrogens with one attached hydrogen (secondary N) is 1. The zero-order valence-electron chi connectivity index (χ0n) is 9.19. The monoisotopic (exact) mass is 234 g/mol. The molecular formula is C12H14N2OS. The van der Waals surface area contributed by atoms with Crippen LogP contribution in [0.4, 0.5) is 0 Å². The Morgan fingerprint density at radius 3 is 3.12 bits per heavy atom. The summed E-state index contributed by atoms with van der Waals surface area (Å²) >= 11 is 1.74. The summed E-state index contributed by atoms with van der Waals surface area (Å²) in [5.41, 5.74) is 0.972. The Morgan fingerprint density at radius 1 is 1.50 bits per heavy atom. The van der Waals surface area contributed by atoms with Crippen molar-refractivity contribution in [1.29, 1.82) is 0 Å². The van der Waals surface area contributed by atoms with Gasteiger partial charge in [-0.3, -0.25) is 0 Å². The van der Waals surface area contributed by atoms with Gasteiger partial charge in [-0.1, -0.05) is 0 Å². The standard InChI is InChI=1S/C12H14N2OS/c1-8-2-3-11(15-8)10-7-16-12(14-10)9-4-5-13-6-9/h2-3,7,9,13H,4-6H2,1H3. The highest BCUT2D eigenvalue weighted by Gasteiger charge is 2.20. The predicted octanol–water partition coefficient (Wildman–Crippen LogP) is 2.79. The van der Waals surface area contributed by atoms with Gasteiger partial charge in [0.15, 0.2) is 5.76 Å². The third kappa shape index (κ3) is 1.79. The van der Waals surface area contributed by atoms with Crippen LogP contribution in [-0.4, -0.2) is 18.1 Å². The van der Waals surface area contributed by atoms with E-state index < -0.39 is 0 Å². The van der Waals surface area contributed by atoms with Crippen LogP contribution in [0.1, 0.15) is 23.1 Å². The summed E-state index contributed by atoms with van der Waals surface area (Å²) in [5, 5.41) is 6.69. The van der Waals surface area contributed by atoms with E-state index in [0.29, 0.717) is 5.92 Å². The van der Waals surface area contributed by atoms with Crippen LogP contribution in [0.25, 0.3) is 11.5 Å². The highest BCUT2D eigenvalue weighted by molar-refractivity contribution is 7.10. The van der Waals surface area contributed by atoms with Gasteiger partial charge in [0, 0.05) is 17.8 Å². The summed E-state index contributed by atoms with van der Waals surface area (Å²) in [6, 6.07) is 3.96.